The molecule has 3 N–H and O–H groups in total. The van der Waals surface area contributed by atoms with Crippen molar-refractivity contribution >= 4 is 46.6 Å². The summed E-state index contributed by atoms with van der Waals surface area (Å²) in [6.45, 7) is 17.2. The highest BCUT2D eigenvalue weighted by Gasteiger charge is 2.64. The van der Waals surface area contributed by atoms with Crippen molar-refractivity contribution in [2.75, 3.05) is 26.4 Å². The lowest BCUT2D eigenvalue weighted by molar-refractivity contribution is -0.164. The number of aromatic nitrogens is 1. The summed E-state index contributed by atoms with van der Waals surface area (Å²) < 4.78 is 17.9. The standard InChI is InChI=1S/C50H61ClN6O7S/c1-31-41(65-30-54-31)33-15-13-32(14-16-33)28-53-44(60)39-12-11-23-57(39)45(61)42(48(2,3)4)55-40(58)29-62-24-9-10-25-63-36-20-17-34(18-21-36)43(59)56-46-49(5,6)47(50(46,7)8)64-37-22-19-35(27-52)38(51)26-37/h13-22,26,30,39,42,46-47H,9-12,23-25,28-29H2,1-8H3,(H,53,60)(H,55,58)(H,56,59)/t39-,42+,46?,47?/m0/s1. The number of rotatable bonds is 18. The SMILES string of the molecule is Cc1ncsc1-c1ccc(CNC(=O)[C@@H]2CCCN2C(=O)[C@@H](NC(=O)COCCCCOc2ccc(C(=O)NC3C(C)(C)C(Oc4ccc(C#N)c(Cl)c4)C3(C)C)cc2)C(C)(C)C)cc1. The van der Waals surface area contributed by atoms with Crippen molar-refractivity contribution in [1.82, 2.24) is 25.8 Å². The molecule has 4 amide bonds. The van der Waals surface area contributed by atoms with Crippen molar-refractivity contribution < 1.29 is 33.4 Å². The summed E-state index contributed by atoms with van der Waals surface area (Å²) in [5, 5.41) is 18.6. The Hall–Kier alpha value is -5.49. The van der Waals surface area contributed by atoms with Crippen molar-refractivity contribution in [2.24, 2.45) is 16.2 Å². The van der Waals surface area contributed by atoms with Gasteiger partial charge in [0.2, 0.25) is 17.7 Å². The predicted octanol–water partition coefficient (Wildman–Crippen LogP) is 8.27. The van der Waals surface area contributed by atoms with Gasteiger partial charge in [-0.1, -0.05) is 84.3 Å². The number of nitriles is 1. The van der Waals surface area contributed by atoms with E-state index in [1.165, 1.54) is 0 Å². The minimum absolute atomic E-state index is 0.170. The van der Waals surface area contributed by atoms with E-state index < -0.39 is 23.4 Å². The number of halogens is 1. The van der Waals surface area contributed by atoms with Crippen LogP contribution in [-0.4, -0.2) is 84.1 Å². The lowest BCUT2D eigenvalue weighted by Gasteiger charge is -2.63. The second-order valence-corrected chi connectivity index (χ2v) is 20.4. The zero-order valence-electron chi connectivity index (χ0n) is 38.6. The summed E-state index contributed by atoms with van der Waals surface area (Å²) in [6, 6.07) is 20.5. The van der Waals surface area contributed by atoms with Gasteiger partial charge in [0.15, 0.2) is 0 Å². The first-order valence-electron chi connectivity index (χ1n) is 22.2. The number of amides is 4. The number of ether oxygens (including phenoxy) is 3. The van der Waals surface area contributed by atoms with Gasteiger partial charge in [0.05, 0.1) is 33.3 Å². The Kier molecular flexibility index (Phi) is 15.6. The van der Waals surface area contributed by atoms with Crippen LogP contribution in [0.1, 0.15) is 101 Å². The molecule has 1 aliphatic heterocycles. The third kappa shape index (κ3) is 11.7. The largest absolute Gasteiger partial charge is 0.494 e. The maximum atomic E-state index is 13.9. The number of nitrogens with zero attached hydrogens (tertiary/aromatic N) is 3. The number of unbranched alkanes of at least 4 members (excludes halogenated alkanes) is 1. The molecule has 6 rings (SSSR count). The van der Waals surface area contributed by atoms with Crippen LogP contribution in [0, 0.1) is 34.5 Å². The van der Waals surface area contributed by atoms with Gasteiger partial charge in [0.1, 0.15) is 42.4 Å². The quantitative estimate of drug-likeness (QED) is 0.0831. The molecule has 346 valence electrons. The molecule has 3 aromatic carbocycles. The molecule has 13 nitrogen and oxygen atoms in total. The summed E-state index contributed by atoms with van der Waals surface area (Å²) in [5.41, 5.74) is 4.36. The molecular formula is C50H61ClN6O7S. The Morgan fingerprint density at radius 2 is 1.65 bits per heavy atom. The Morgan fingerprint density at radius 1 is 0.969 bits per heavy atom. The molecule has 0 radical (unpaired) electrons. The molecule has 2 heterocycles. The van der Waals surface area contributed by atoms with Gasteiger partial charge in [-0.25, -0.2) is 4.98 Å². The summed E-state index contributed by atoms with van der Waals surface area (Å²) in [5.74, 6) is 0.117. The molecule has 15 heteroatoms. The molecule has 0 unspecified atom stereocenters. The second kappa shape index (κ2) is 20.8. The van der Waals surface area contributed by atoms with E-state index in [9.17, 15) is 24.4 Å². The molecule has 65 heavy (non-hydrogen) atoms. The molecular weight excluding hydrogens is 864 g/mol. The van der Waals surface area contributed by atoms with Crippen molar-refractivity contribution in [3.05, 3.63) is 99.6 Å². The fourth-order valence-corrected chi connectivity index (χ4v) is 10.2. The molecule has 4 aromatic rings. The van der Waals surface area contributed by atoms with Crippen LogP contribution in [0.15, 0.2) is 72.2 Å². The van der Waals surface area contributed by atoms with Crippen molar-refractivity contribution in [1.29, 1.82) is 5.26 Å². The normalized spacial score (nSPS) is 19.0. The van der Waals surface area contributed by atoms with Crippen LogP contribution in [0.3, 0.4) is 0 Å². The predicted molar refractivity (Wildman–Crippen MR) is 252 cm³/mol. The summed E-state index contributed by atoms with van der Waals surface area (Å²) in [7, 11) is 0. The number of likely N-dealkylation sites (tertiary alicyclic amines) is 1. The fourth-order valence-electron chi connectivity index (χ4n) is 9.15. The van der Waals surface area contributed by atoms with Crippen molar-refractivity contribution in [2.45, 2.75) is 112 Å². The van der Waals surface area contributed by atoms with Gasteiger partial charge >= 0.3 is 0 Å². The number of benzene rings is 3. The topological polar surface area (TPSA) is 172 Å². The van der Waals surface area contributed by atoms with Crippen LogP contribution < -0.4 is 25.4 Å². The van der Waals surface area contributed by atoms with E-state index >= 15 is 0 Å². The van der Waals surface area contributed by atoms with Gasteiger partial charge < -0.3 is 35.1 Å². The molecule has 1 aromatic heterocycles. The van der Waals surface area contributed by atoms with Gasteiger partial charge in [-0.2, -0.15) is 5.26 Å². The molecule has 1 saturated carbocycles. The monoisotopic (exact) mass is 924 g/mol. The number of hydrogen-bond donors (Lipinski definition) is 3. The Morgan fingerprint density at radius 3 is 2.28 bits per heavy atom. The van der Waals surface area contributed by atoms with E-state index in [1.807, 2.05) is 57.5 Å². The maximum absolute atomic E-state index is 13.9. The molecule has 2 atom stereocenters. The number of aryl methyl sites for hydroxylation is 1. The number of hydrogen-bond acceptors (Lipinski definition) is 10. The number of thiazole rings is 1. The van der Waals surface area contributed by atoms with Gasteiger partial charge in [-0.3, -0.25) is 19.2 Å². The van der Waals surface area contributed by atoms with E-state index in [0.717, 1.165) is 21.7 Å². The van der Waals surface area contributed by atoms with Crippen LogP contribution in [-0.2, 0) is 25.7 Å². The third-order valence-electron chi connectivity index (χ3n) is 12.4. The van der Waals surface area contributed by atoms with E-state index in [0.29, 0.717) is 79.6 Å². The molecule has 0 bridgehead atoms. The van der Waals surface area contributed by atoms with E-state index in [-0.39, 0.29) is 47.3 Å². The van der Waals surface area contributed by atoms with E-state index in [1.54, 1.807) is 58.7 Å². The third-order valence-corrected chi connectivity index (χ3v) is 13.7. The zero-order chi connectivity index (χ0) is 47.1. The first-order chi connectivity index (χ1) is 30.8. The molecule has 2 fully saturated rings. The second-order valence-electron chi connectivity index (χ2n) is 19.2. The highest BCUT2D eigenvalue weighted by Crippen LogP contribution is 2.55. The van der Waals surface area contributed by atoms with Crippen molar-refractivity contribution in [3.8, 4) is 28.0 Å². The maximum Gasteiger partial charge on any atom is 0.251 e. The average Bonchev–Trinajstić information content (AvgIpc) is 3.94. The van der Waals surface area contributed by atoms with E-state index in [4.69, 9.17) is 25.8 Å². The smallest absolute Gasteiger partial charge is 0.251 e. The highest BCUT2D eigenvalue weighted by atomic mass is 35.5. The van der Waals surface area contributed by atoms with Crippen molar-refractivity contribution in [3.63, 3.8) is 0 Å². The van der Waals surface area contributed by atoms with Crippen LogP contribution in [0.4, 0.5) is 0 Å². The Bertz CT molecular complexity index is 2350. The lowest BCUT2D eigenvalue weighted by atomic mass is 9.49. The number of carbonyl (C=O) groups excluding carboxylic acids is 4. The van der Waals surface area contributed by atoms with Crippen LogP contribution in [0.25, 0.3) is 10.4 Å². The average molecular weight is 926 g/mol. The zero-order valence-corrected chi connectivity index (χ0v) is 40.2. The number of nitrogens with one attached hydrogen (secondary N) is 3. The summed E-state index contributed by atoms with van der Waals surface area (Å²) in [4.78, 5) is 60.8. The summed E-state index contributed by atoms with van der Waals surface area (Å²) >= 11 is 7.83. The Balaban J connectivity index is 0.885. The Labute approximate surface area is 391 Å². The molecule has 0 spiro atoms. The number of carbonyl (C=O) groups is 4. The highest BCUT2D eigenvalue weighted by molar-refractivity contribution is 7.13. The van der Waals surface area contributed by atoms with Gasteiger partial charge in [0, 0.05) is 48.2 Å². The minimum Gasteiger partial charge on any atom is -0.494 e. The van der Waals surface area contributed by atoms with Gasteiger partial charge in [-0.15, -0.1) is 11.3 Å². The van der Waals surface area contributed by atoms with Crippen LogP contribution in [0.5, 0.6) is 11.5 Å². The first-order valence-corrected chi connectivity index (χ1v) is 23.4. The van der Waals surface area contributed by atoms with Gasteiger partial charge in [-0.05, 0) is 85.5 Å². The van der Waals surface area contributed by atoms with Crippen LogP contribution >= 0.6 is 22.9 Å². The molecule has 2 aliphatic rings. The molecule has 1 aliphatic carbocycles. The first kappa shape index (κ1) is 49.0. The summed E-state index contributed by atoms with van der Waals surface area (Å²) in [6.07, 6.45) is 2.36. The molecule has 1 saturated heterocycles. The minimum atomic E-state index is -0.842. The van der Waals surface area contributed by atoms with Crippen LogP contribution in [0.2, 0.25) is 5.02 Å². The van der Waals surface area contributed by atoms with E-state index in [2.05, 4.69) is 54.7 Å². The lowest BCUT2D eigenvalue weighted by Crippen LogP contribution is -2.74. The fraction of sp³-hybridized carbons (Fsp3) is 0.480. The van der Waals surface area contributed by atoms with Gasteiger partial charge in [0.25, 0.3) is 5.91 Å².